The number of carbonyl (C=O) groups excluding carboxylic acids is 1. The molecule has 0 saturated heterocycles. The lowest BCUT2D eigenvalue weighted by atomic mass is 10.1. The molecule has 2 aromatic rings. The third-order valence-electron chi connectivity index (χ3n) is 4.43. The van der Waals surface area contributed by atoms with E-state index in [1.54, 1.807) is 30.3 Å². The van der Waals surface area contributed by atoms with E-state index in [0.717, 1.165) is 12.0 Å². The smallest absolute Gasteiger partial charge is 0.238 e. The van der Waals surface area contributed by atoms with Gasteiger partial charge in [-0.3, -0.25) is 4.79 Å². The molecule has 3 N–H and O–H groups in total. The Morgan fingerprint density at radius 3 is 2.58 bits per heavy atom. The second-order valence-corrected chi connectivity index (χ2v) is 8.33. The first-order chi connectivity index (χ1) is 12.3. The summed E-state index contributed by atoms with van der Waals surface area (Å²) in [5.74, 6) is 0.618. The molecule has 26 heavy (non-hydrogen) atoms. The molecule has 0 bridgehead atoms. The Balaban J connectivity index is 1.60. The van der Waals surface area contributed by atoms with Gasteiger partial charge >= 0.3 is 0 Å². The van der Waals surface area contributed by atoms with E-state index in [2.05, 4.69) is 5.32 Å². The molecule has 0 spiro atoms. The van der Waals surface area contributed by atoms with Crippen molar-refractivity contribution >= 4 is 33.2 Å². The molecule has 8 heteroatoms. The van der Waals surface area contributed by atoms with Crippen molar-refractivity contribution in [3.05, 3.63) is 53.1 Å². The van der Waals surface area contributed by atoms with Gasteiger partial charge in [-0.25, -0.2) is 13.6 Å². The monoisotopic (exact) mass is 394 g/mol. The number of hydrogen-bond acceptors (Lipinski definition) is 4. The highest BCUT2D eigenvalue weighted by atomic mass is 35.5. The summed E-state index contributed by atoms with van der Waals surface area (Å²) < 4.78 is 27.8. The molecule has 0 radical (unpaired) electrons. The number of hydrogen-bond donors (Lipinski definition) is 2. The fourth-order valence-corrected chi connectivity index (χ4v) is 3.60. The van der Waals surface area contributed by atoms with Gasteiger partial charge in [0.05, 0.1) is 17.7 Å². The van der Waals surface area contributed by atoms with Gasteiger partial charge in [0.15, 0.2) is 0 Å². The Hall–Kier alpha value is -2.09. The third kappa shape index (κ3) is 4.35. The first kappa shape index (κ1) is 18.7. The van der Waals surface area contributed by atoms with Gasteiger partial charge in [-0.1, -0.05) is 23.7 Å². The zero-order valence-corrected chi connectivity index (χ0v) is 15.7. The number of nitrogens with one attached hydrogen (secondary N) is 1. The molecule has 1 fully saturated rings. The molecular weight excluding hydrogens is 376 g/mol. The zero-order valence-electron chi connectivity index (χ0n) is 14.1. The lowest BCUT2D eigenvalue weighted by Crippen LogP contribution is -2.16. The largest absolute Gasteiger partial charge is 0.495 e. The summed E-state index contributed by atoms with van der Waals surface area (Å²) >= 11 is 5.97. The Labute approximate surface area is 157 Å². The number of primary sulfonamides is 1. The van der Waals surface area contributed by atoms with Crippen LogP contribution in [0.5, 0.6) is 5.75 Å². The minimum atomic E-state index is -3.69. The average Bonchev–Trinajstić information content (AvgIpc) is 3.34. The highest BCUT2D eigenvalue weighted by Crippen LogP contribution is 2.42. The van der Waals surface area contributed by atoms with E-state index < -0.39 is 10.0 Å². The second-order valence-electron chi connectivity index (χ2n) is 6.33. The number of rotatable bonds is 6. The highest BCUT2D eigenvalue weighted by molar-refractivity contribution is 7.89. The van der Waals surface area contributed by atoms with Crippen LogP contribution in [-0.4, -0.2) is 21.4 Å². The summed E-state index contributed by atoms with van der Waals surface area (Å²) in [5, 5.41) is 8.47. The molecule has 0 heterocycles. The second kappa shape index (κ2) is 7.26. The average molecular weight is 395 g/mol. The molecular formula is C18H19ClN2O4S. The van der Waals surface area contributed by atoms with Crippen molar-refractivity contribution in [1.82, 2.24) is 0 Å². The van der Waals surface area contributed by atoms with Crippen molar-refractivity contribution in [3.8, 4) is 5.75 Å². The van der Waals surface area contributed by atoms with Gasteiger partial charge in [-0.05, 0) is 54.7 Å². The third-order valence-corrected chi connectivity index (χ3v) is 5.59. The number of benzene rings is 2. The Bertz CT molecular complexity index is 929. The molecule has 2 unspecified atom stereocenters. The minimum absolute atomic E-state index is 0.0725. The van der Waals surface area contributed by atoms with E-state index in [1.165, 1.54) is 19.2 Å². The Morgan fingerprint density at radius 2 is 1.96 bits per heavy atom. The molecule has 6 nitrogen and oxygen atoms in total. The van der Waals surface area contributed by atoms with Gasteiger partial charge in [0.1, 0.15) is 5.75 Å². The van der Waals surface area contributed by atoms with Crippen LogP contribution >= 0.6 is 11.6 Å². The van der Waals surface area contributed by atoms with Crippen LogP contribution in [0, 0.1) is 11.8 Å². The maximum atomic E-state index is 12.4. The van der Waals surface area contributed by atoms with Crippen molar-refractivity contribution in [2.24, 2.45) is 17.0 Å². The quantitative estimate of drug-likeness (QED) is 0.786. The van der Waals surface area contributed by atoms with Gasteiger partial charge < -0.3 is 10.1 Å². The van der Waals surface area contributed by atoms with Crippen molar-refractivity contribution in [2.45, 2.75) is 17.7 Å². The number of anilines is 1. The zero-order chi connectivity index (χ0) is 18.9. The van der Waals surface area contributed by atoms with E-state index in [4.69, 9.17) is 21.5 Å². The lowest BCUT2D eigenvalue weighted by Gasteiger charge is -2.10. The van der Waals surface area contributed by atoms with Crippen LogP contribution in [0.25, 0.3) is 0 Å². The molecule has 1 saturated carbocycles. The molecule has 138 valence electrons. The normalized spacial score (nSPS) is 19.0. The first-order valence-corrected chi connectivity index (χ1v) is 9.96. The number of carbonyl (C=O) groups is 1. The summed E-state index contributed by atoms with van der Waals surface area (Å²) in [7, 11) is -2.16. The van der Waals surface area contributed by atoms with Gasteiger partial charge in [0, 0.05) is 10.9 Å². The molecule has 0 aromatic heterocycles. The SMILES string of the molecule is COc1ccc(Cl)cc1NC(=O)C1CC1Cc1ccc(S(N)(=O)=O)cc1. The van der Waals surface area contributed by atoms with Crippen molar-refractivity contribution < 1.29 is 17.9 Å². The number of methoxy groups -OCH3 is 1. The van der Waals surface area contributed by atoms with Gasteiger partial charge in [0.2, 0.25) is 15.9 Å². The minimum Gasteiger partial charge on any atom is -0.495 e. The number of sulfonamides is 1. The van der Waals surface area contributed by atoms with E-state index >= 15 is 0 Å². The Morgan fingerprint density at radius 1 is 1.27 bits per heavy atom. The van der Waals surface area contributed by atoms with Crippen molar-refractivity contribution in [3.63, 3.8) is 0 Å². The predicted molar refractivity (Wildman–Crippen MR) is 99.7 cm³/mol. The molecule has 1 aliphatic rings. The summed E-state index contributed by atoms with van der Waals surface area (Å²) in [6.07, 6.45) is 1.49. The number of ether oxygens (including phenoxy) is 1. The molecule has 2 atom stereocenters. The topological polar surface area (TPSA) is 98.5 Å². The Kier molecular flexibility index (Phi) is 5.22. The van der Waals surface area contributed by atoms with Crippen LogP contribution in [0.1, 0.15) is 12.0 Å². The fraction of sp³-hybridized carbons (Fsp3) is 0.278. The van der Waals surface area contributed by atoms with Crippen LogP contribution in [0.15, 0.2) is 47.4 Å². The van der Waals surface area contributed by atoms with Gasteiger partial charge in [0.25, 0.3) is 0 Å². The van der Waals surface area contributed by atoms with Gasteiger partial charge in [-0.15, -0.1) is 0 Å². The van der Waals surface area contributed by atoms with E-state index in [9.17, 15) is 13.2 Å². The first-order valence-electron chi connectivity index (χ1n) is 8.04. The van der Waals surface area contributed by atoms with Crippen molar-refractivity contribution in [2.75, 3.05) is 12.4 Å². The number of amides is 1. The van der Waals surface area contributed by atoms with Crippen LogP contribution in [0.2, 0.25) is 5.02 Å². The summed E-state index contributed by atoms with van der Waals surface area (Å²) in [4.78, 5) is 12.5. The highest BCUT2D eigenvalue weighted by Gasteiger charge is 2.42. The van der Waals surface area contributed by atoms with E-state index in [1.807, 2.05) is 0 Å². The van der Waals surface area contributed by atoms with Crippen LogP contribution in [-0.2, 0) is 21.2 Å². The molecule has 1 aliphatic carbocycles. The molecule has 2 aromatic carbocycles. The van der Waals surface area contributed by atoms with Crippen LogP contribution in [0.3, 0.4) is 0 Å². The summed E-state index contributed by atoms with van der Waals surface area (Å²) in [5.41, 5.74) is 1.52. The van der Waals surface area contributed by atoms with E-state index in [0.29, 0.717) is 22.9 Å². The van der Waals surface area contributed by atoms with Crippen LogP contribution in [0.4, 0.5) is 5.69 Å². The predicted octanol–water partition coefficient (Wildman–Crippen LogP) is 2.81. The maximum absolute atomic E-state index is 12.4. The molecule has 3 rings (SSSR count). The van der Waals surface area contributed by atoms with E-state index in [-0.39, 0.29) is 22.6 Å². The molecule has 1 amide bonds. The molecule has 0 aliphatic heterocycles. The van der Waals surface area contributed by atoms with Gasteiger partial charge in [-0.2, -0.15) is 0 Å². The lowest BCUT2D eigenvalue weighted by molar-refractivity contribution is -0.117. The maximum Gasteiger partial charge on any atom is 0.238 e. The fourth-order valence-electron chi connectivity index (χ4n) is 2.92. The summed E-state index contributed by atoms with van der Waals surface area (Å²) in [6.45, 7) is 0. The number of halogens is 1. The van der Waals surface area contributed by atoms with Crippen LogP contribution < -0.4 is 15.2 Å². The standard InChI is InChI=1S/C18H19ClN2O4S/c1-25-17-7-4-13(19)10-16(17)21-18(22)15-9-12(15)8-11-2-5-14(6-3-11)26(20,23)24/h2-7,10,12,15H,8-9H2,1H3,(H,21,22)(H2,20,23,24). The van der Waals surface area contributed by atoms with Crippen molar-refractivity contribution in [1.29, 1.82) is 0 Å². The summed E-state index contributed by atoms with van der Waals surface area (Å²) in [6, 6.07) is 11.5. The number of nitrogens with two attached hydrogens (primary N) is 1.